The van der Waals surface area contributed by atoms with Crippen molar-refractivity contribution in [3.05, 3.63) is 59.8 Å². The molecule has 0 amide bonds. The van der Waals surface area contributed by atoms with E-state index in [1.54, 1.807) is 0 Å². The predicted octanol–water partition coefficient (Wildman–Crippen LogP) is 9.56. The fourth-order valence-electron chi connectivity index (χ4n) is 4.65. The standard InChI is InChI=1S/C35H58O4Si/c1-13-27(5)34(39-40(11,12)35(8,9)10)29(7)33(37)28(6)23-25(3)17-15-18-26(4)24-30(14-2)21-22-31-19-16-20-32(36)38-31/h15-17,20-24,26-29,31,34H,13-14,18-19H2,1-12H3/b17-15+,22-21+,25-23+,30-24-/t26-,27+,28-,29-,31-,34-/m1/s1. The normalized spacial score (nSPS) is 21.4. The summed E-state index contributed by atoms with van der Waals surface area (Å²) in [7, 11) is -1.99. The number of ketones is 1. The lowest BCUT2D eigenvalue weighted by Crippen LogP contribution is -2.49. The van der Waals surface area contributed by atoms with Gasteiger partial charge in [0.1, 0.15) is 11.9 Å². The maximum Gasteiger partial charge on any atom is 0.331 e. The van der Waals surface area contributed by atoms with Gasteiger partial charge in [0, 0.05) is 24.3 Å². The van der Waals surface area contributed by atoms with Crippen molar-refractivity contribution >= 4 is 20.1 Å². The monoisotopic (exact) mass is 570 g/mol. The number of hydrogen-bond donors (Lipinski definition) is 0. The van der Waals surface area contributed by atoms with Crippen LogP contribution in [-0.4, -0.2) is 32.3 Å². The third-order valence-electron chi connectivity index (χ3n) is 8.56. The number of Topliss-reactive ketones (excluding diaryl/α,β-unsaturated/α-hetero) is 1. The molecule has 1 aliphatic heterocycles. The highest BCUT2D eigenvalue weighted by molar-refractivity contribution is 6.74. The Morgan fingerprint density at radius 2 is 1.77 bits per heavy atom. The molecule has 1 rings (SSSR count). The van der Waals surface area contributed by atoms with Gasteiger partial charge in [-0.1, -0.05) is 116 Å². The molecule has 1 aliphatic rings. The summed E-state index contributed by atoms with van der Waals surface area (Å²) in [6.45, 7) is 26.2. The van der Waals surface area contributed by atoms with E-state index in [1.165, 1.54) is 11.6 Å². The average molecular weight is 571 g/mol. The fourth-order valence-corrected chi connectivity index (χ4v) is 6.12. The molecule has 0 saturated heterocycles. The topological polar surface area (TPSA) is 52.6 Å². The lowest BCUT2D eigenvalue weighted by Gasteiger charge is -2.42. The summed E-state index contributed by atoms with van der Waals surface area (Å²) in [6.07, 6.45) is 19.4. The van der Waals surface area contributed by atoms with E-state index in [1.807, 2.05) is 19.1 Å². The Hall–Kier alpha value is -1.98. The molecule has 0 aliphatic carbocycles. The Labute approximate surface area is 247 Å². The maximum atomic E-state index is 13.5. The van der Waals surface area contributed by atoms with E-state index in [2.05, 4.69) is 106 Å². The Morgan fingerprint density at radius 3 is 2.33 bits per heavy atom. The quantitative estimate of drug-likeness (QED) is 0.112. The molecule has 0 spiro atoms. The van der Waals surface area contributed by atoms with Crippen LogP contribution in [0.5, 0.6) is 0 Å². The van der Waals surface area contributed by atoms with Crippen LogP contribution in [0.15, 0.2) is 59.8 Å². The summed E-state index contributed by atoms with van der Waals surface area (Å²) in [5.41, 5.74) is 2.35. The first-order chi connectivity index (χ1) is 18.5. The molecule has 6 atom stereocenters. The lowest BCUT2D eigenvalue weighted by molar-refractivity contribution is -0.141. The van der Waals surface area contributed by atoms with Crippen molar-refractivity contribution in [1.29, 1.82) is 0 Å². The zero-order valence-electron chi connectivity index (χ0n) is 27.5. The van der Waals surface area contributed by atoms with Gasteiger partial charge in [0.15, 0.2) is 8.32 Å². The second-order valence-electron chi connectivity index (χ2n) is 13.3. The van der Waals surface area contributed by atoms with Crippen LogP contribution >= 0.6 is 0 Å². The summed E-state index contributed by atoms with van der Waals surface area (Å²) in [4.78, 5) is 25.0. The summed E-state index contributed by atoms with van der Waals surface area (Å²) in [6, 6.07) is 0. The van der Waals surface area contributed by atoms with E-state index in [4.69, 9.17) is 9.16 Å². The van der Waals surface area contributed by atoms with E-state index in [-0.39, 0.29) is 40.8 Å². The molecule has 1 heterocycles. The summed E-state index contributed by atoms with van der Waals surface area (Å²) in [5, 5.41) is 0.108. The van der Waals surface area contributed by atoms with E-state index < -0.39 is 8.32 Å². The Morgan fingerprint density at radius 1 is 1.12 bits per heavy atom. The minimum absolute atomic E-state index is 0.0545. The highest BCUT2D eigenvalue weighted by atomic mass is 28.4. The molecule has 0 N–H and O–H groups in total. The highest BCUT2D eigenvalue weighted by Gasteiger charge is 2.42. The number of hydrogen-bond acceptors (Lipinski definition) is 4. The fraction of sp³-hybridized carbons (Fsp3) is 0.657. The molecule has 226 valence electrons. The Kier molecular flexibility index (Phi) is 14.8. The van der Waals surface area contributed by atoms with Crippen molar-refractivity contribution in [2.75, 3.05) is 0 Å². The van der Waals surface area contributed by atoms with E-state index in [9.17, 15) is 9.59 Å². The van der Waals surface area contributed by atoms with Crippen LogP contribution in [0.2, 0.25) is 18.1 Å². The van der Waals surface area contributed by atoms with Crippen molar-refractivity contribution in [2.45, 2.75) is 125 Å². The number of esters is 1. The van der Waals surface area contributed by atoms with Crippen molar-refractivity contribution in [2.24, 2.45) is 23.7 Å². The minimum atomic E-state index is -1.99. The zero-order valence-corrected chi connectivity index (χ0v) is 28.5. The highest BCUT2D eigenvalue weighted by Crippen LogP contribution is 2.40. The molecule has 4 nitrogen and oxygen atoms in total. The van der Waals surface area contributed by atoms with Gasteiger partial charge >= 0.3 is 5.97 Å². The molecule has 40 heavy (non-hydrogen) atoms. The number of carbonyl (C=O) groups is 2. The van der Waals surface area contributed by atoms with Crippen molar-refractivity contribution in [3.63, 3.8) is 0 Å². The van der Waals surface area contributed by atoms with Gasteiger partial charge in [-0.15, -0.1) is 0 Å². The molecule has 5 heteroatoms. The molecule has 0 aromatic carbocycles. The van der Waals surface area contributed by atoms with E-state index in [0.29, 0.717) is 11.8 Å². The maximum absolute atomic E-state index is 13.5. The van der Waals surface area contributed by atoms with Gasteiger partial charge in [-0.3, -0.25) is 4.79 Å². The van der Waals surface area contributed by atoms with Gasteiger partial charge in [0.2, 0.25) is 0 Å². The number of ether oxygens (including phenoxy) is 1. The van der Waals surface area contributed by atoms with Crippen LogP contribution in [0.1, 0.15) is 94.9 Å². The Bertz CT molecular complexity index is 976. The Balaban J connectivity index is 2.82. The van der Waals surface area contributed by atoms with Gasteiger partial charge in [-0.2, -0.15) is 0 Å². The van der Waals surface area contributed by atoms with Gasteiger partial charge < -0.3 is 9.16 Å². The van der Waals surface area contributed by atoms with E-state index >= 15 is 0 Å². The molecule has 0 radical (unpaired) electrons. The molecule has 0 aromatic rings. The molecular weight excluding hydrogens is 512 g/mol. The first-order valence-electron chi connectivity index (χ1n) is 15.3. The molecule has 0 aromatic heterocycles. The number of rotatable bonds is 15. The van der Waals surface area contributed by atoms with Crippen LogP contribution in [-0.2, 0) is 18.8 Å². The first-order valence-corrected chi connectivity index (χ1v) is 18.3. The van der Waals surface area contributed by atoms with Crippen LogP contribution < -0.4 is 0 Å². The molecule has 0 bridgehead atoms. The third kappa shape index (κ3) is 11.9. The number of carbonyl (C=O) groups excluding carboxylic acids is 2. The smallest absolute Gasteiger partial charge is 0.331 e. The third-order valence-corrected chi connectivity index (χ3v) is 13.0. The predicted molar refractivity (Wildman–Crippen MR) is 173 cm³/mol. The zero-order chi connectivity index (χ0) is 30.7. The van der Waals surface area contributed by atoms with Gasteiger partial charge in [0.05, 0.1) is 6.10 Å². The molecule has 0 fully saturated rings. The second-order valence-corrected chi connectivity index (χ2v) is 18.1. The summed E-state index contributed by atoms with van der Waals surface area (Å²) < 4.78 is 12.1. The lowest BCUT2D eigenvalue weighted by atomic mass is 9.84. The number of cyclic esters (lactones) is 1. The van der Waals surface area contributed by atoms with Crippen molar-refractivity contribution < 1.29 is 18.8 Å². The van der Waals surface area contributed by atoms with Gasteiger partial charge in [-0.25, -0.2) is 4.79 Å². The SMILES string of the molecule is CCC(=C/[C@H](C)C/C=C/C(C)=C/[C@@H](C)C(=O)[C@@H](C)[C@H](O[Si](C)(C)C(C)(C)C)[C@@H](C)CC)/C=C/[C@H]1CC=CC(=O)O1. The van der Waals surface area contributed by atoms with Crippen LogP contribution in [0.3, 0.4) is 0 Å². The molecular formula is C35H58O4Si. The van der Waals surface area contributed by atoms with Crippen LogP contribution in [0.25, 0.3) is 0 Å². The van der Waals surface area contributed by atoms with Gasteiger partial charge in [-0.05, 0) is 55.8 Å². The summed E-state index contributed by atoms with van der Waals surface area (Å²) >= 11 is 0. The first kappa shape index (κ1) is 36.0. The number of allylic oxidation sites excluding steroid dienone is 7. The average Bonchev–Trinajstić information content (AvgIpc) is 2.87. The largest absolute Gasteiger partial charge is 0.455 e. The van der Waals surface area contributed by atoms with Crippen molar-refractivity contribution in [3.8, 4) is 0 Å². The van der Waals surface area contributed by atoms with Gasteiger partial charge in [0.25, 0.3) is 0 Å². The van der Waals surface area contributed by atoms with E-state index in [0.717, 1.165) is 31.3 Å². The molecule has 0 saturated carbocycles. The summed E-state index contributed by atoms with van der Waals surface area (Å²) in [5.74, 6) is 0.382. The van der Waals surface area contributed by atoms with Crippen LogP contribution in [0, 0.1) is 23.7 Å². The van der Waals surface area contributed by atoms with Crippen molar-refractivity contribution in [1.82, 2.24) is 0 Å². The molecule has 0 unspecified atom stereocenters. The second kappa shape index (κ2) is 16.5. The van der Waals surface area contributed by atoms with Crippen LogP contribution in [0.4, 0.5) is 0 Å². The minimum Gasteiger partial charge on any atom is -0.455 e.